The monoisotopic (exact) mass is 341 g/mol. The molecule has 0 unspecified atom stereocenters. The Morgan fingerprint density at radius 2 is 1.52 bits per heavy atom. The van der Waals surface area contributed by atoms with E-state index in [4.69, 9.17) is 9.84 Å². The van der Waals surface area contributed by atoms with Gasteiger partial charge in [0.25, 0.3) is 0 Å². The van der Waals surface area contributed by atoms with Gasteiger partial charge < -0.3 is 15.2 Å². The van der Waals surface area contributed by atoms with Gasteiger partial charge in [-0.1, -0.05) is 24.3 Å². The van der Waals surface area contributed by atoms with Gasteiger partial charge in [0.1, 0.15) is 5.75 Å². The van der Waals surface area contributed by atoms with E-state index in [1.165, 1.54) is 5.56 Å². The lowest BCUT2D eigenvalue weighted by molar-refractivity contribution is -0.137. The molecule has 0 bridgehead atoms. The fourth-order valence-electron chi connectivity index (χ4n) is 2.47. The standard InChI is InChI=1S/C20H23NO4/c1-25-18-12-7-15(8-13-18)3-2-4-19(22)21-17-10-5-16(6-11-17)9-14-20(23)24/h5-8,10-13H,2-4,9,14H2,1H3,(H,21,22)(H,23,24). The summed E-state index contributed by atoms with van der Waals surface area (Å²) in [5.74, 6) is -0.00525. The van der Waals surface area contributed by atoms with Crippen molar-refractivity contribution < 1.29 is 19.4 Å². The number of aliphatic carboxylic acids is 1. The molecule has 0 aromatic heterocycles. The number of anilines is 1. The maximum Gasteiger partial charge on any atom is 0.303 e. The number of nitrogens with one attached hydrogen (secondary N) is 1. The fraction of sp³-hybridized carbons (Fsp3) is 0.300. The van der Waals surface area contributed by atoms with E-state index in [0.717, 1.165) is 29.8 Å². The molecule has 5 heteroatoms. The Morgan fingerprint density at radius 1 is 0.920 bits per heavy atom. The number of ether oxygens (including phenoxy) is 1. The number of hydrogen-bond donors (Lipinski definition) is 2. The summed E-state index contributed by atoms with van der Waals surface area (Å²) < 4.78 is 5.12. The molecule has 132 valence electrons. The third-order valence-corrected chi connectivity index (χ3v) is 3.89. The number of rotatable bonds is 9. The third kappa shape index (κ3) is 6.67. The summed E-state index contributed by atoms with van der Waals surface area (Å²) in [5, 5.41) is 11.5. The first-order chi connectivity index (χ1) is 12.1. The number of hydrogen-bond acceptors (Lipinski definition) is 3. The molecule has 5 nitrogen and oxygen atoms in total. The minimum absolute atomic E-state index is 0.0215. The van der Waals surface area contributed by atoms with Crippen LogP contribution in [0.5, 0.6) is 5.75 Å². The number of carbonyl (C=O) groups excluding carboxylic acids is 1. The molecule has 0 aliphatic heterocycles. The topological polar surface area (TPSA) is 75.6 Å². The van der Waals surface area contributed by atoms with Gasteiger partial charge >= 0.3 is 5.97 Å². The molecular weight excluding hydrogens is 318 g/mol. The van der Waals surface area contributed by atoms with Crippen LogP contribution in [-0.2, 0) is 22.4 Å². The molecule has 25 heavy (non-hydrogen) atoms. The van der Waals surface area contributed by atoms with Crippen molar-refractivity contribution in [1.82, 2.24) is 0 Å². The normalized spacial score (nSPS) is 10.3. The summed E-state index contributed by atoms with van der Waals surface area (Å²) in [6.45, 7) is 0. The summed E-state index contributed by atoms with van der Waals surface area (Å²) in [6, 6.07) is 15.1. The van der Waals surface area contributed by atoms with Crippen molar-refractivity contribution in [3.63, 3.8) is 0 Å². The SMILES string of the molecule is COc1ccc(CCCC(=O)Nc2ccc(CCC(=O)O)cc2)cc1. The van der Waals surface area contributed by atoms with E-state index >= 15 is 0 Å². The van der Waals surface area contributed by atoms with Crippen LogP contribution in [0, 0.1) is 0 Å². The number of benzene rings is 2. The third-order valence-electron chi connectivity index (χ3n) is 3.89. The van der Waals surface area contributed by atoms with Gasteiger partial charge in [-0.25, -0.2) is 0 Å². The Balaban J connectivity index is 1.73. The fourth-order valence-corrected chi connectivity index (χ4v) is 2.47. The van der Waals surface area contributed by atoms with Crippen LogP contribution in [-0.4, -0.2) is 24.1 Å². The highest BCUT2D eigenvalue weighted by Crippen LogP contribution is 2.14. The summed E-state index contributed by atoms with van der Waals surface area (Å²) in [7, 11) is 1.64. The van der Waals surface area contributed by atoms with Gasteiger partial charge in [-0.2, -0.15) is 0 Å². The summed E-state index contributed by atoms with van der Waals surface area (Å²) in [5.41, 5.74) is 2.85. The quantitative estimate of drug-likeness (QED) is 0.729. The van der Waals surface area contributed by atoms with Gasteiger partial charge in [0.15, 0.2) is 0 Å². The van der Waals surface area contributed by atoms with Crippen molar-refractivity contribution in [3.8, 4) is 5.75 Å². The lowest BCUT2D eigenvalue weighted by Crippen LogP contribution is -2.11. The molecule has 0 aliphatic carbocycles. The van der Waals surface area contributed by atoms with Crippen LogP contribution in [0.15, 0.2) is 48.5 Å². The molecule has 0 aliphatic rings. The molecule has 0 saturated carbocycles. The molecule has 0 spiro atoms. The zero-order chi connectivity index (χ0) is 18.1. The summed E-state index contributed by atoms with van der Waals surface area (Å²) in [6.07, 6.45) is 2.66. The zero-order valence-corrected chi connectivity index (χ0v) is 14.3. The number of amides is 1. The molecule has 1 amide bonds. The van der Waals surface area contributed by atoms with Crippen LogP contribution in [0.2, 0.25) is 0 Å². The van der Waals surface area contributed by atoms with Crippen LogP contribution in [0.1, 0.15) is 30.4 Å². The van der Waals surface area contributed by atoms with Crippen molar-refractivity contribution in [1.29, 1.82) is 0 Å². The van der Waals surface area contributed by atoms with Crippen molar-refractivity contribution in [2.75, 3.05) is 12.4 Å². The molecule has 0 fully saturated rings. The van der Waals surface area contributed by atoms with Gasteiger partial charge in [-0.15, -0.1) is 0 Å². The van der Waals surface area contributed by atoms with E-state index in [9.17, 15) is 9.59 Å². The smallest absolute Gasteiger partial charge is 0.303 e. The average molecular weight is 341 g/mol. The minimum atomic E-state index is -0.811. The largest absolute Gasteiger partial charge is 0.497 e. The number of carbonyl (C=O) groups is 2. The number of methoxy groups -OCH3 is 1. The first-order valence-electron chi connectivity index (χ1n) is 8.30. The van der Waals surface area contributed by atoms with E-state index in [1.54, 1.807) is 19.2 Å². The molecule has 2 rings (SSSR count). The van der Waals surface area contributed by atoms with Gasteiger partial charge in [0.2, 0.25) is 5.91 Å². The highest BCUT2D eigenvalue weighted by Gasteiger charge is 2.04. The summed E-state index contributed by atoms with van der Waals surface area (Å²) >= 11 is 0. The maximum atomic E-state index is 12.0. The summed E-state index contributed by atoms with van der Waals surface area (Å²) in [4.78, 5) is 22.6. The van der Waals surface area contributed by atoms with Crippen molar-refractivity contribution in [3.05, 3.63) is 59.7 Å². The molecule has 2 N–H and O–H groups in total. The Hall–Kier alpha value is -2.82. The highest BCUT2D eigenvalue weighted by molar-refractivity contribution is 5.90. The molecule has 2 aromatic carbocycles. The van der Waals surface area contributed by atoms with Crippen LogP contribution < -0.4 is 10.1 Å². The minimum Gasteiger partial charge on any atom is -0.497 e. The number of carboxylic acid groups (broad SMARTS) is 1. The first kappa shape index (κ1) is 18.5. The zero-order valence-electron chi connectivity index (χ0n) is 14.3. The lowest BCUT2D eigenvalue weighted by atomic mass is 10.1. The van der Waals surface area contributed by atoms with Crippen LogP contribution >= 0.6 is 0 Å². The van der Waals surface area contributed by atoms with Crippen molar-refractivity contribution in [2.45, 2.75) is 32.1 Å². The van der Waals surface area contributed by atoms with Gasteiger partial charge in [0, 0.05) is 18.5 Å². The Morgan fingerprint density at radius 3 is 2.12 bits per heavy atom. The average Bonchev–Trinajstić information content (AvgIpc) is 2.61. The second-order valence-electron chi connectivity index (χ2n) is 5.84. The van der Waals surface area contributed by atoms with Crippen LogP contribution in [0.3, 0.4) is 0 Å². The van der Waals surface area contributed by atoms with Crippen LogP contribution in [0.25, 0.3) is 0 Å². The maximum absolute atomic E-state index is 12.0. The van der Waals surface area contributed by atoms with Crippen molar-refractivity contribution >= 4 is 17.6 Å². The molecular formula is C20H23NO4. The predicted molar refractivity (Wildman–Crippen MR) is 97.0 cm³/mol. The second kappa shape index (κ2) is 9.47. The van der Waals surface area contributed by atoms with E-state index < -0.39 is 5.97 Å². The molecule has 0 radical (unpaired) electrons. The Labute approximate surface area is 147 Å². The van der Waals surface area contributed by atoms with E-state index in [0.29, 0.717) is 12.8 Å². The molecule has 2 aromatic rings. The van der Waals surface area contributed by atoms with E-state index in [1.807, 2.05) is 36.4 Å². The van der Waals surface area contributed by atoms with Crippen molar-refractivity contribution in [2.24, 2.45) is 0 Å². The molecule has 0 atom stereocenters. The number of carboxylic acids is 1. The van der Waals surface area contributed by atoms with Gasteiger partial charge in [-0.3, -0.25) is 9.59 Å². The predicted octanol–water partition coefficient (Wildman–Crippen LogP) is 3.67. The first-order valence-corrected chi connectivity index (χ1v) is 8.30. The molecule has 0 heterocycles. The Kier molecular flexibility index (Phi) is 7.01. The Bertz CT molecular complexity index is 693. The molecule has 0 saturated heterocycles. The van der Waals surface area contributed by atoms with E-state index in [-0.39, 0.29) is 12.3 Å². The van der Waals surface area contributed by atoms with E-state index in [2.05, 4.69) is 5.32 Å². The van der Waals surface area contributed by atoms with Gasteiger partial charge in [0.05, 0.1) is 7.11 Å². The lowest BCUT2D eigenvalue weighted by Gasteiger charge is -2.07. The second-order valence-corrected chi connectivity index (χ2v) is 5.84. The highest BCUT2D eigenvalue weighted by atomic mass is 16.5. The van der Waals surface area contributed by atoms with Crippen LogP contribution in [0.4, 0.5) is 5.69 Å². The van der Waals surface area contributed by atoms with Gasteiger partial charge in [-0.05, 0) is 54.7 Å². The number of aryl methyl sites for hydroxylation is 2.